The van der Waals surface area contributed by atoms with Crippen LogP contribution in [0.15, 0.2) is 18.2 Å². The van der Waals surface area contributed by atoms with Gasteiger partial charge in [0.1, 0.15) is 0 Å². The highest BCUT2D eigenvalue weighted by atomic mass is 15.1. The third kappa shape index (κ3) is 2.56. The number of nitrogen functional groups attached to an aromatic ring is 1. The summed E-state index contributed by atoms with van der Waals surface area (Å²) in [5.74, 6) is 0.930. The standard InChI is InChI=1S/C14H22N2/c1-10-8-12(4-7-14(10)15)9-16(3)11(2)13-5-6-13/h4,7-8,11,13H,5-6,9,15H2,1-3H3. The minimum absolute atomic E-state index is 0.706. The molecule has 2 rings (SSSR count). The van der Waals surface area contributed by atoms with Crippen molar-refractivity contribution in [2.75, 3.05) is 12.8 Å². The zero-order chi connectivity index (χ0) is 11.7. The first-order chi connectivity index (χ1) is 7.58. The average Bonchev–Trinajstić information content (AvgIpc) is 3.06. The van der Waals surface area contributed by atoms with Gasteiger partial charge in [-0.2, -0.15) is 0 Å². The smallest absolute Gasteiger partial charge is 0.0343 e. The van der Waals surface area contributed by atoms with Crippen molar-refractivity contribution in [3.8, 4) is 0 Å². The Morgan fingerprint density at radius 3 is 2.69 bits per heavy atom. The molecule has 2 N–H and O–H groups in total. The van der Waals surface area contributed by atoms with Gasteiger partial charge < -0.3 is 5.73 Å². The summed E-state index contributed by atoms with van der Waals surface area (Å²) in [5.41, 5.74) is 9.26. The van der Waals surface area contributed by atoms with Crippen molar-refractivity contribution in [2.45, 2.75) is 39.3 Å². The van der Waals surface area contributed by atoms with E-state index in [0.717, 1.165) is 18.2 Å². The van der Waals surface area contributed by atoms with Crippen molar-refractivity contribution >= 4 is 5.69 Å². The van der Waals surface area contributed by atoms with E-state index < -0.39 is 0 Å². The molecule has 0 aromatic heterocycles. The molecule has 0 bridgehead atoms. The molecule has 1 aliphatic rings. The van der Waals surface area contributed by atoms with Gasteiger partial charge in [-0.15, -0.1) is 0 Å². The van der Waals surface area contributed by atoms with Crippen LogP contribution in [0.4, 0.5) is 5.69 Å². The van der Waals surface area contributed by atoms with Gasteiger partial charge in [0.25, 0.3) is 0 Å². The van der Waals surface area contributed by atoms with E-state index in [-0.39, 0.29) is 0 Å². The maximum Gasteiger partial charge on any atom is 0.0343 e. The summed E-state index contributed by atoms with van der Waals surface area (Å²) in [6, 6.07) is 7.06. The van der Waals surface area contributed by atoms with Gasteiger partial charge in [-0.1, -0.05) is 12.1 Å². The fourth-order valence-corrected chi connectivity index (χ4v) is 2.21. The van der Waals surface area contributed by atoms with Crippen LogP contribution in [-0.4, -0.2) is 18.0 Å². The molecule has 1 fully saturated rings. The predicted molar refractivity (Wildman–Crippen MR) is 69.2 cm³/mol. The molecular formula is C14H22N2. The molecule has 1 aromatic carbocycles. The van der Waals surface area contributed by atoms with Gasteiger partial charge in [-0.05, 0) is 56.8 Å². The van der Waals surface area contributed by atoms with Crippen molar-refractivity contribution in [2.24, 2.45) is 5.92 Å². The Hall–Kier alpha value is -1.02. The topological polar surface area (TPSA) is 29.3 Å². The molecule has 1 unspecified atom stereocenters. The highest BCUT2D eigenvalue weighted by Crippen LogP contribution is 2.35. The largest absolute Gasteiger partial charge is 0.399 e. The number of nitrogens with two attached hydrogens (primary N) is 1. The summed E-state index contributed by atoms with van der Waals surface area (Å²) in [6.07, 6.45) is 2.82. The van der Waals surface area contributed by atoms with E-state index in [1.54, 1.807) is 0 Å². The molecule has 0 saturated heterocycles. The molecule has 1 atom stereocenters. The zero-order valence-corrected chi connectivity index (χ0v) is 10.5. The lowest BCUT2D eigenvalue weighted by Crippen LogP contribution is -2.30. The molecule has 2 nitrogen and oxygen atoms in total. The minimum Gasteiger partial charge on any atom is -0.399 e. The Morgan fingerprint density at radius 1 is 1.44 bits per heavy atom. The van der Waals surface area contributed by atoms with Crippen LogP contribution in [0.2, 0.25) is 0 Å². The molecule has 88 valence electrons. The van der Waals surface area contributed by atoms with Gasteiger partial charge in [0.2, 0.25) is 0 Å². The van der Waals surface area contributed by atoms with E-state index in [1.807, 2.05) is 6.07 Å². The quantitative estimate of drug-likeness (QED) is 0.787. The third-order valence-corrected chi connectivity index (χ3v) is 3.77. The number of rotatable bonds is 4. The molecule has 0 radical (unpaired) electrons. The minimum atomic E-state index is 0.706. The molecule has 1 saturated carbocycles. The van der Waals surface area contributed by atoms with Crippen LogP contribution in [0, 0.1) is 12.8 Å². The SMILES string of the molecule is Cc1cc(CN(C)C(C)C2CC2)ccc1N. The summed E-state index contributed by atoms with van der Waals surface area (Å²) in [4.78, 5) is 2.45. The second kappa shape index (κ2) is 4.46. The molecule has 16 heavy (non-hydrogen) atoms. The Bertz CT molecular complexity index is 369. The monoisotopic (exact) mass is 218 g/mol. The molecule has 0 aliphatic heterocycles. The summed E-state index contributed by atoms with van der Waals surface area (Å²) < 4.78 is 0. The number of nitrogens with zero attached hydrogens (tertiary/aromatic N) is 1. The number of aryl methyl sites for hydroxylation is 1. The Morgan fingerprint density at radius 2 is 2.12 bits per heavy atom. The Balaban J connectivity index is 1.99. The van der Waals surface area contributed by atoms with Crippen LogP contribution in [0.5, 0.6) is 0 Å². The lowest BCUT2D eigenvalue weighted by molar-refractivity contribution is 0.226. The van der Waals surface area contributed by atoms with Gasteiger partial charge in [-0.3, -0.25) is 4.90 Å². The second-order valence-electron chi connectivity index (χ2n) is 5.18. The van der Waals surface area contributed by atoms with E-state index in [0.29, 0.717) is 6.04 Å². The molecule has 1 aliphatic carbocycles. The molecule has 0 amide bonds. The van der Waals surface area contributed by atoms with E-state index in [4.69, 9.17) is 5.73 Å². The maximum absolute atomic E-state index is 5.82. The summed E-state index contributed by atoms with van der Waals surface area (Å²) >= 11 is 0. The lowest BCUT2D eigenvalue weighted by atomic mass is 10.1. The third-order valence-electron chi connectivity index (χ3n) is 3.77. The van der Waals surface area contributed by atoms with Gasteiger partial charge in [0.15, 0.2) is 0 Å². The molecule has 0 heterocycles. The van der Waals surface area contributed by atoms with Gasteiger partial charge in [0, 0.05) is 18.3 Å². The second-order valence-corrected chi connectivity index (χ2v) is 5.18. The highest BCUT2D eigenvalue weighted by Gasteiger charge is 2.30. The van der Waals surface area contributed by atoms with E-state index in [1.165, 1.54) is 24.0 Å². The van der Waals surface area contributed by atoms with Crippen LogP contribution < -0.4 is 5.73 Å². The predicted octanol–water partition coefficient (Wildman–Crippen LogP) is 2.81. The van der Waals surface area contributed by atoms with Crippen molar-refractivity contribution in [3.63, 3.8) is 0 Å². The first kappa shape index (κ1) is 11.5. The first-order valence-corrected chi connectivity index (χ1v) is 6.13. The van der Waals surface area contributed by atoms with Crippen LogP contribution in [-0.2, 0) is 6.54 Å². The van der Waals surface area contributed by atoms with Gasteiger partial charge in [-0.25, -0.2) is 0 Å². The Kier molecular flexibility index (Phi) is 3.20. The summed E-state index contributed by atoms with van der Waals surface area (Å²) in [7, 11) is 2.22. The normalized spacial score (nSPS) is 17.8. The fraction of sp³-hybridized carbons (Fsp3) is 0.571. The molecule has 1 aromatic rings. The summed E-state index contributed by atoms with van der Waals surface area (Å²) in [6.45, 7) is 5.43. The number of benzene rings is 1. The van der Waals surface area contributed by atoms with Crippen molar-refractivity contribution < 1.29 is 0 Å². The van der Waals surface area contributed by atoms with E-state index in [2.05, 4.69) is 37.9 Å². The molecule has 0 spiro atoms. The van der Waals surface area contributed by atoms with Crippen LogP contribution in [0.1, 0.15) is 30.9 Å². The number of anilines is 1. The lowest BCUT2D eigenvalue weighted by Gasteiger charge is -2.24. The average molecular weight is 218 g/mol. The molecule has 2 heteroatoms. The Labute approximate surface area is 98.4 Å². The first-order valence-electron chi connectivity index (χ1n) is 6.13. The zero-order valence-electron chi connectivity index (χ0n) is 10.5. The maximum atomic E-state index is 5.82. The number of hydrogen-bond donors (Lipinski definition) is 1. The highest BCUT2D eigenvalue weighted by molar-refractivity contribution is 5.47. The number of hydrogen-bond acceptors (Lipinski definition) is 2. The van der Waals surface area contributed by atoms with Gasteiger partial charge in [0.05, 0.1) is 0 Å². The van der Waals surface area contributed by atoms with Crippen LogP contribution in [0.3, 0.4) is 0 Å². The van der Waals surface area contributed by atoms with Crippen molar-refractivity contribution in [1.29, 1.82) is 0 Å². The fourth-order valence-electron chi connectivity index (χ4n) is 2.21. The van der Waals surface area contributed by atoms with E-state index in [9.17, 15) is 0 Å². The van der Waals surface area contributed by atoms with Crippen LogP contribution in [0.25, 0.3) is 0 Å². The summed E-state index contributed by atoms with van der Waals surface area (Å²) in [5, 5.41) is 0. The van der Waals surface area contributed by atoms with E-state index >= 15 is 0 Å². The van der Waals surface area contributed by atoms with Crippen LogP contribution >= 0.6 is 0 Å². The van der Waals surface area contributed by atoms with Gasteiger partial charge >= 0.3 is 0 Å². The van der Waals surface area contributed by atoms with Crippen molar-refractivity contribution in [3.05, 3.63) is 29.3 Å². The van der Waals surface area contributed by atoms with Crippen molar-refractivity contribution in [1.82, 2.24) is 4.90 Å². The molecular weight excluding hydrogens is 196 g/mol.